The predicted molar refractivity (Wildman–Crippen MR) is 145 cm³/mol. The fraction of sp³-hybridized carbons (Fsp3) is 0.267. The number of hydrogen-bond donors (Lipinski definition) is 1. The van der Waals surface area contributed by atoms with Gasteiger partial charge in [-0.2, -0.15) is 0 Å². The molecule has 0 bridgehead atoms. The summed E-state index contributed by atoms with van der Waals surface area (Å²) in [4.78, 5) is 16.0. The van der Waals surface area contributed by atoms with Crippen LogP contribution in [0.2, 0.25) is 0 Å². The van der Waals surface area contributed by atoms with Gasteiger partial charge in [0.2, 0.25) is 0 Å². The van der Waals surface area contributed by atoms with E-state index in [4.69, 9.17) is 5.11 Å². The Kier molecular flexibility index (Phi) is 10.6. The zero-order valence-corrected chi connectivity index (χ0v) is 24.3. The third-order valence-electron chi connectivity index (χ3n) is 5.39. The maximum absolute atomic E-state index is 10.0. The molecule has 0 saturated carbocycles. The second-order valence-corrected chi connectivity index (χ2v) is 10.2. The number of carbonyl (C=O) groups is 1. The van der Waals surface area contributed by atoms with Crippen molar-refractivity contribution in [2.24, 2.45) is 0 Å². The third-order valence-corrected chi connectivity index (χ3v) is 6.54. The zero-order valence-electron chi connectivity index (χ0n) is 21.0. The number of hydrogen-bond acceptors (Lipinski definition) is 4. The summed E-state index contributed by atoms with van der Waals surface area (Å²) in [6.07, 6.45) is 3.15. The number of aromatic nitrogens is 1. The maximum Gasteiger partial charge on any atom is 0.155 e. The van der Waals surface area contributed by atoms with Gasteiger partial charge in [0.15, 0.2) is 5.78 Å². The standard InChI is InChI=1S/C25H24NS.C5H8O2.Ir/c1-16(2)19-10-20(17(3)4)12-21(11-19)24-13-22-15-26-23(14-25(22)27-24)18-8-6-5-7-9-18;1-4(6)3-5(2)7;/h5-8,10-17H,1-4H3;3,6H,1-2H3;/q-1;;/b;4-3-;. The average molecular weight is 663 g/mol. The Morgan fingerprint density at radius 3 is 2.14 bits per heavy atom. The molecular weight excluding hydrogens is 631 g/mol. The molecule has 0 fully saturated rings. The predicted octanol–water partition coefficient (Wildman–Crippen LogP) is 8.71. The van der Waals surface area contributed by atoms with E-state index in [0.29, 0.717) is 11.8 Å². The molecule has 4 rings (SSSR count). The minimum atomic E-state index is -0.125. The summed E-state index contributed by atoms with van der Waals surface area (Å²) in [5.41, 5.74) is 6.16. The fourth-order valence-corrected chi connectivity index (χ4v) is 4.61. The summed E-state index contributed by atoms with van der Waals surface area (Å²) < 4.78 is 1.27. The van der Waals surface area contributed by atoms with Gasteiger partial charge in [-0.1, -0.05) is 52.0 Å². The van der Waals surface area contributed by atoms with Crippen LogP contribution in [0.4, 0.5) is 0 Å². The smallest absolute Gasteiger partial charge is 0.155 e. The number of carbonyl (C=O) groups excluding carboxylic acids is 1. The van der Waals surface area contributed by atoms with Crippen molar-refractivity contribution in [3.8, 4) is 21.7 Å². The Balaban J connectivity index is 0.000000476. The van der Waals surface area contributed by atoms with Crippen molar-refractivity contribution in [3.05, 3.63) is 89.8 Å². The molecule has 0 aliphatic heterocycles. The summed E-state index contributed by atoms with van der Waals surface area (Å²) in [5.74, 6) is 0.991. The van der Waals surface area contributed by atoms with Gasteiger partial charge in [-0.15, -0.1) is 47.2 Å². The molecule has 2 aromatic carbocycles. The molecule has 185 valence electrons. The van der Waals surface area contributed by atoms with Gasteiger partial charge in [0.05, 0.1) is 5.76 Å². The molecule has 2 aromatic heterocycles. The van der Waals surface area contributed by atoms with Crippen molar-refractivity contribution in [3.63, 3.8) is 0 Å². The van der Waals surface area contributed by atoms with Crippen molar-refractivity contribution in [1.82, 2.24) is 4.98 Å². The monoisotopic (exact) mass is 663 g/mol. The first-order valence-corrected chi connectivity index (χ1v) is 12.4. The van der Waals surface area contributed by atoms with Crippen LogP contribution in [0.5, 0.6) is 0 Å². The Morgan fingerprint density at radius 2 is 1.66 bits per heavy atom. The number of aliphatic hydroxyl groups excluding tert-OH is 1. The number of nitrogens with zero attached hydrogens (tertiary/aromatic N) is 1. The third kappa shape index (κ3) is 7.96. The molecule has 3 nitrogen and oxygen atoms in total. The summed E-state index contributed by atoms with van der Waals surface area (Å²) in [7, 11) is 0. The summed E-state index contributed by atoms with van der Waals surface area (Å²) in [6, 6.07) is 22.8. The van der Waals surface area contributed by atoms with Crippen LogP contribution in [-0.2, 0) is 24.9 Å². The van der Waals surface area contributed by atoms with Crippen molar-refractivity contribution in [2.45, 2.75) is 53.4 Å². The van der Waals surface area contributed by atoms with Gasteiger partial charge in [-0.25, -0.2) is 0 Å². The number of pyridine rings is 1. The van der Waals surface area contributed by atoms with E-state index >= 15 is 0 Å². The van der Waals surface area contributed by atoms with E-state index in [1.807, 2.05) is 35.7 Å². The van der Waals surface area contributed by atoms with E-state index in [2.05, 4.69) is 75.1 Å². The fourth-order valence-electron chi connectivity index (χ4n) is 3.56. The van der Waals surface area contributed by atoms with Crippen LogP contribution in [0.25, 0.3) is 31.8 Å². The van der Waals surface area contributed by atoms with E-state index in [-0.39, 0.29) is 31.6 Å². The van der Waals surface area contributed by atoms with Crippen molar-refractivity contribution < 1.29 is 30.0 Å². The number of fused-ring (bicyclic) bond motifs is 1. The first-order chi connectivity index (χ1) is 16.1. The Bertz CT molecular complexity index is 1280. The molecule has 1 radical (unpaired) electrons. The van der Waals surface area contributed by atoms with Crippen LogP contribution in [0.1, 0.15) is 64.5 Å². The van der Waals surface area contributed by atoms with Crippen LogP contribution >= 0.6 is 11.3 Å². The largest absolute Gasteiger partial charge is 0.512 e. The zero-order chi connectivity index (χ0) is 24.8. The van der Waals surface area contributed by atoms with Gasteiger partial charge in [-0.3, -0.25) is 4.79 Å². The van der Waals surface area contributed by atoms with Crippen LogP contribution in [0.3, 0.4) is 0 Å². The number of aliphatic hydroxyl groups is 1. The molecule has 0 saturated heterocycles. The minimum absolute atomic E-state index is 0. The second kappa shape index (κ2) is 12.9. The number of allylic oxidation sites excluding steroid dienone is 2. The van der Waals surface area contributed by atoms with E-state index in [9.17, 15) is 4.79 Å². The molecule has 35 heavy (non-hydrogen) atoms. The molecule has 0 unspecified atom stereocenters. The van der Waals surface area contributed by atoms with Crippen LogP contribution in [0, 0.1) is 6.07 Å². The number of thiophene rings is 1. The quantitative estimate of drug-likeness (QED) is 0.132. The molecule has 0 aliphatic carbocycles. The van der Waals surface area contributed by atoms with Gasteiger partial charge < -0.3 is 10.1 Å². The van der Waals surface area contributed by atoms with E-state index < -0.39 is 0 Å². The van der Waals surface area contributed by atoms with Gasteiger partial charge in [-0.05, 0) is 54.1 Å². The number of ketones is 1. The minimum Gasteiger partial charge on any atom is -0.512 e. The Labute approximate surface area is 226 Å². The topological polar surface area (TPSA) is 50.2 Å². The Morgan fingerprint density at radius 1 is 1.00 bits per heavy atom. The maximum atomic E-state index is 10.0. The van der Waals surface area contributed by atoms with Crippen LogP contribution < -0.4 is 0 Å². The molecule has 1 N–H and O–H groups in total. The molecule has 0 aliphatic rings. The molecule has 0 amide bonds. The normalized spacial score (nSPS) is 11.3. The molecular formula is C30H32IrNO2S-. The molecule has 0 spiro atoms. The van der Waals surface area contributed by atoms with E-state index in [1.165, 1.54) is 51.6 Å². The van der Waals surface area contributed by atoms with Gasteiger partial charge in [0.25, 0.3) is 0 Å². The van der Waals surface area contributed by atoms with Crippen LogP contribution in [-0.4, -0.2) is 15.9 Å². The summed E-state index contributed by atoms with van der Waals surface area (Å²) >= 11 is 1.85. The first-order valence-electron chi connectivity index (χ1n) is 11.5. The number of rotatable bonds is 5. The van der Waals surface area contributed by atoms with Crippen molar-refractivity contribution >= 4 is 27.2 Å². The first kappa shape index (κ1) is 28.6. The van der Waals surface area contributed by atoms with E-state index in [0.717, 1.165) is 11.3 Å². The SMILES string of the molecule is CC(=O)/C=C(/C)O.CC(C)c1cc(-c2cc3cnc(-c4[c-]cccc4)cc3s2)cc(C(C)C)c1.[Ir]. The van der Waals surface area contributed by atoms with E-state index in [1.54, 1.807) is 0 Å². The van der Waals surface area contributed by atoms with Gasteiger partial charge in [0.1, 0.15) is 0 Å². The van der Waals surface area contributed by atoms with Gasteiger partial charge in [0, 0.05) is 47.3 Å². The summed E-state index contributed by atoms with van der Waals surface area (Å²) in [5, 5.41) is 9.57. The molecule has 2 heterocycles. The van der Waals surface area contributed by atoms with Crippen LogP contribution in [0.15, 0.2) is 72.6 Å². The molecule has 5 heteroatoms. The Hall–Kier alpha value is -2.59. The van der Waals surface area contributed by atoms with Crippen molar-refractivity contribution in [2.75, 3.05) is 0 Å². The molecule has 4 aromatic rings. The average Bonchev–Trinajstić information content (AvgIpc) is 3.22. The number of benzene rings is 2. The van der Waals surface area contributed by atoms with Gasteiger partial charge >= 0.3 is 0 Å². The molecule has 0 atom stereocenters. The van der Waals surface area contributed by atoms with Crippen molar-refractivity contribution in [1.29, 1.82) is 0 Å². The summed E-state index contributed by atoms with van der Waals surface area (Å²) in [6.45, 7) is 11.9. The second-order valence-electron chi connectivity index (χ2n) is 9.09.